The maximum Gasteiger partial charge on any atom is 0.322 e. The molecule has 18 heteroatoms. The third-order valence-electron chi connectivity index (χ3n) is 6.76. The molecule has 1 fully saturated rings. The number of halogens is 1. The maximum absolute atomic E-state index is 13.6. The second-order valence-electron chi connectivity index (χ2n) is 9.88. The number of carbonyl (C=O) groups is 1. The van der Waals surface area contributed by atoms with Crippen LogP contribution in [-0.4, -0.2) is 138 Å². The first-order valence-corrected chi connectivity index (χ1v) is 14.7. The summed E-state index contributed by atoms with van der Waals surface area (Å²) >= 11 is 0. The van der Waals surface area contributed by atoms with Crippen LogP contribution in [0.4, 0.5) is 11.9 Å². The maximum atomic E-state index is 13.6. The number of rotatable bonds is 21. The molecule has 3 heterocycles. The molecule has 2 aromatic heterocycles. The van der Waals surface area contributed by atoms with Gasteiger partial charge in [-0.05, 0) is 25.8 Å². The predicted octanol–water partition coefficient (Wildman–Crippen LogP) is -4.42. The molecular weight excluding hydrogens is 610 g/mol. The summed E-state index contributed by atoms with van der Waals surface area (Å²) in [5, 5.41) is 20.7. The second kappa shape index (κ2) is 21.4. The molecule has 2 aromatic rings. The number of hydrogen-bond donors (Lipinski definition) is 4. The molecule has 0 radical (unpaired) electrons. The number of piperazine rings is 1. The Hall–Kier alpha value is -3.37. The fraction of sp³-hybridized carbons (Fsp3) is 0.704. The molecule has 0 spiro atoms. The SMILES string of the molecule is C#CCOCCOCCOCCNc1nc(OC)nc(N2CCN(C(=O)C(CCCCN)n3cc(C(N)CO)nn3)CC2)n1.[Cl-]. The van der Waals surface area contributed by atoms with Crippen LogP contribution in [0.25, 0.3) is 0 Å². The van der Waals surface area contributed by atoms with Gasteiger partial charge in [0, 0.05) is 32.7 Å². The van der Waals surface area contributed by atoms with Crippen LogP contribution in [0.5, 0.6) is 6.01 Å². The summed E-state index contributed by atoms with van der Waals surface area (Å²) in [7, 11) is 1.49. The molecule has 1 aliphatic heterocycles. The minimum atomic E-state index is -0.660. The number of terminal acetylenes is 1. The summed E-state index contributed by atoms with van der Waals surface area (Å²) in [6, 6.07) is -1.03. The summed E-state index contributed by atoms with van der Waals surface area (Å²) in [6.45, 7) is 5.20. The fourth-order valence-corrected chi connectivity index (χ4v) is 4.36. The topological polar surface area (TPSA) is 214 Å². The molecule has 1 aliphatic rings. The highest BCUT2D eigenvalue weighted by molar-refractivity contribution is 5.80. The molecule has 2 atom stereocenters. The number of methoxy groups -OCH3 is 1. The number of unbranched alkanes of at least 4 members (excludes halogenated alkanes) is 1. The highest BCUT2D eigenvalue weighted by Crippen LogP contribution is 2.22. The minimum Gasteiger partial charge on any atom is -1.00 e. The van der Waals surface area contributed by atoms with Crippen molar-refractivity contribution in [3.8, 4) is 18.4 Å². The monoisotopic (exact) mass is 654 g/mol. The molecule has 17 nitrogen and oxygen atoms in total. The Bertz CT molecular complexity index is 1160. The first-order valence-electron chi connectivity index (χ1n) is 14.7. The summed E-state index contributed by atoms with van der Waals surface area (Å²) in [5.41, 5.74) is 12.0. The van der Waals surface area contributed by atoms with Gasteiger partial charge in [-0.15, -0.1) is 11.5 Å². The zero-order valence-electron chi connectivity index (χ0n) is 25.7. The summed E-state index contributed by atoms with van der Waals surface area (Å²) in [5.74, 6) is 3.15. The third kappa shape index (κ3) is 12.5. The van der Waals surface area contributed by atoms with Gasteiger partial charge in [0.25, 0.3) is 0 Å². The van der Waals surface area contributed by atoms with E-state index in [-0.39, 0.29) is 37.5 Å². The van der Waals surface area contributed by atoms with Crippen LogP contribution in [0.2, 0.25) is 0 Å². The first kappa shape index (κ1) is 37.8. The number of carbonyl (C=O) groups excluding carboxylic acids is 1. The summed E-state index contributed by atoms with van der Waals surface area (Å²) in [4.78, 5) is 30.7. The van der Waals surface area contributed by atoms with Crippen molar-refractivity contribution < 1.29 is 41.3 Å². The van der Waals surface area contributed by atoms with E-state index in [1.807, 2.05) is 4.90 Å². The molecule has 3 rings (SSSR count). The highest BCUT2D eigenvalue weighted by atomic mass is 35.5. The Balaban J connectivity index is 0.00000705. The number of nitrogens with zero attached hydrogens (tertiary/aromatic N) is 8. The summed E-state index contributed by atoms with van der Waals surface area (Å²) in [6.07, 6.45) is 8.86. The number of amides is 1. The minimum absolute atomic E-state index is 0. The van der Waals surface area contributed by atoms with E-state index in [1.165, 1.54) is 7.11 Å². The van der Waals surface area contributed by atoms with Gasteiger partial charge in [0.2, 0.25) is 17.8 Å². The Labute approximate surface area is 269 Å². The lowest BCUT2D eigenvalue weighted by Crippen LogP contribution is -3.00. The molecule has 1 amide bonds. The fourth-order valence-electron chi connectivity index (χ4n) is 4.36. The van der Waals surface area contributed by atoms with Gasteiger partial charge in [0.15, 0.2) is 0 Å². The van der Waals surface area contributed by atoms with Crippen molar-refractivity contribution in [2.45, 2.75) is 31.3 Å². The van der Waals surface area contributed by atoms with Gasteiger partial charge in [-0.3, -0.25) is 4.79 Å². The van der Waals surface area contributed by atoms with Crippen LogP contribution < -0.4 is 38.8 Å². The molecule has 0 saturated carbocycles. The Kier molecular flexibility index (Phi) is 18.0. The quantitative estimate of drug-likeness (QED) is 0.0738. The number of hydrogen-bond acceptors (Lipinski definition) is 15. The van der Waals surface area contributed by atoms with E-state index in [0.29, 0.717) is 96.3 Å². The Morgan fingerprint density at radius 1 is 1.09 bits per heavy atom. The number of ether oxygens (including phenoxy) is 4. The number of nitrogens with one attached hydrogen (secondary N) is 1. The van der Waals surface area contributed by atoms with E-state index in [0.717, 1.165) is 12.8 Å². The number of aliphatic hydroxyl groups is 1. The first-order chi connectivity index (χ1) is 21.5. The Morgan fingerprint density at radius 3 is 2.47 bits per heavy atom. The lowest BCUT2D eigenvalue weighted by Gasteiger charge is -2.36. The lowest BCUT2D eigenvalue weighted by atomic mass is 10.1. The van der Waals surface area contributed by atoms with Crippen LogP contribution in [0, 0.1) is 12.3 Å². The molecule has 0 aromatic carbocycles. The van der Waals surface area contributed by atoms with Crippen LogP contribution in [-0.2, 0) is 19.0 Å². The van der Waals surface area contributed by atoms with Crippen molar-refractivity contribution in [3.05, 3.63) is 11.9 Å². The molecule has 2 unspecified atom stereocenters. The molecule has 6 N–H and O–H groups in total. The van der Waals surface area contributed by atoms with Crippen molar-refractivity contribution in [2.24, 2.45) is 11.5 Å². The van der Waals surface area contributed by atoms with Crippen LogP contribution in [0.3, 0.4) is 0 Å². The van der Waals surface area contributed by atoms with Gasteiger partial charge >= 0.3 is 6.01 Å². The van der Waals surface area contributed by atoms with Gasteiger partial charge < -0.3 is 63.0 Å². The van der Waals surface area contributed by atoms with E-state index < -0.39 is 12.1 Å². The van der Waals surface area contributed by atoms with E-state index in [9.17, 15) is 9.90 Å². The normalized spacial score (nSPS) is 14.4. The van der Waals surface area contributed by atoms with Crippen molar-refractivity contribution in [3.63, 3.8) is 0 Å². The molecule has 0 bridgehead atoms. The number of aromatic nitrogens is 6. The molecule has 252 valence electrons. The average Bonchev–Trinajstić information content (AvgIpc) is 3.55. The lowest BCUT2D eigenvalue weighted by molar-refractivity contribution is -0.135. The van der Waals surface area contributed by atoms with Crippen molar-refractivity contribution in [1.29, 1.82) is 0 Å². The number of aliphatic hydroxyl groups excluding tert-OH is 1. The zero-order chi connectivity index (χ0) is 31.6. The van der Waals surface area contributed by atoms with E-state index >= 15 is 0 Å². The van der Waals surface area contributed by atoms with Crippen molar-refractivity contribution in [2.75, 3.05) is 103 Å². The third-order valence-corrected chi connectivity index (χ3v) is 6.76. The van der Waals surface area contributed by atoms with Crippen LogP contribution >= 0.6 is 0 Å². The zero-order valence-corrected chi connectivity index (χ0v) is 26.5. The predicted molar refractivity (Wildman–Crippen MR) is 161 cm³/mol. The highest BCUT2D eigenvalue weighted by Gasteiger charge is 2.30. The van der Waals surface area contributed by atoms with Gasteiger partial charge in [-0.2, -0.15) is 15.0 Å². The van der Waals surface area contributed by atoms with Gasteiger partial charge in [0.1, 0.15) is 18.3 Å². The van der Waals surface area contributed by atoms with Gasteiger partial charge in [-0.25, -0.2) is 4.68 Å². The van der Waals surface area contributed by atoms with Crippen molar-refractivity contribution in [1.82, 2.24) is 34.8 Å². The molecule has 0 aliphatic carbocycles. The number of anilines is 2. The smallest absolute Gasteiger partial charge is 0.322 e. The standard InChI is InChI=1S/C27H45N11O6.ClH/c1-3-13-42-15-17-44-18-16-43-14-8-30-25-31-26(33-27(32-25)41-2)37-11-9-36(10-12-37)24(40)23(6-4-5-7-28)38-19-22(34-35-38)21(29)20-39;/h1,19,21,23,39H,4-18,20,28-29H2,2H3,(H,30,31,32,33);1H/p-1. The molecule has 45 heavy (non-hydrogen) atoms. The van der Waals surface area contributed by atoms with Crippen molar-refractivity contribution >= 4 is 17.8 Å². The van der Waals surface area contributed by atoms with Gasteiger partial charge in [-0.1, -0.05) is 11.1 Å². The van der Waals surface area contributed by atoms with Gasteiger partial charge in [0.05, 0.1) is 59.0 Å². The second-order valence-corrected chi connectivity index (χ2v) is 9.88. The van der Waals surface area contributed by atoms with E-state index in [2.05, 4.69) is 36.5 Å². The largest absolute Gasteiger partial charge is 1.00 e. The molecule has 1 saturated heterocycles. The van der Waals surface area contributed by atoms with E-state index in [4.69, 9.17) is 36.8 Å². The van der Waals surface area contributed by atoms with Crippen LogP contribution in [0.15, 0.2) is 6.20 Å². The Morgan fingerprint density at radius 2 is 1.80 bits per heavy atom. The molecular formula is C27H45ClN11O6-. The van der Waals surface area contributed by atoms with Crippen LogP contribution in [0.1, 0.15) is 37.0 Å². The number of nitrogens with two attached hydrogens (primary N) is 2. The summed E-state index contributed by atoms with van der Waals surface area (Å²) < 4.78 is 23.0. The average molecular weight is 655 g/mol. The van der Waals surface area contributed by atoms with E-state index in [1.54, 1.807) is 15.8 Å².